The van der Waals surface area contributed by atoms with Gasteiger partial charge >= 0.3 is 0 Å². The molecule has 2 N–H and O–H groups in total. The molecule has 2 aliphatic rings. The first-order valence-corrected chi connectivity index (χ1v) is 4.45. The SMILES string of the molecule is CNN1C2CCC1CC(O)C2. The highest BCUT2D eigenvalue weighted by molar-refractivity contribution is 4.92. The molecule has 2 rings (SSSR count). The summed E-state index contributed by atoms with van der Waals surface area (Å²) in [6.07, 6.45) is 4.37. The minimum absolute atomic E-state index is 0.0444. The van der Waals surface area contributed by atoms with Crippen LogP contribution in [0, 0.1) is 0 Å². The Balaban J connectivity index is 2.06. The van der Waals surface area contributed by atoms with Gasteiger partial charge in [0.15, 0.2) is 0 Å². The highest BCUT2D eigenvalue weighted by Crippen LogP contribution is 2.33. The van der Waals surface area contributed by atoms with Crippen LogP contribution in [0.4, 0.5) is 0 Å². The Morgan fingerprint density at radius 3 is 2.27 bits per heavy atom. The summed E-state index contributed by atoms with van der Waals surface area (Å²) in [6.45, 7) is 0. The maximum absolute atomic E-state index is 9.45. The molecule has 0 radical (unpaired) electrons. The van der Waals surface area contributed by atoms with Gasteiger partial charge in [0.05, 0.1) is 6.10 Å². The number of hydrazine groups is 1. The lowest BCUT2D eigenvalue weighted by Gasteiger charge is -2.36. The number of piperidine rings is 1. The first-order chi connectivity index (χ1) is 5.31. The zero-order valence-corrected chi connectivity index (χ0v) is 6.95. The monoisotopic (exact) mass is 156 g/mol. The standard InChI is InChI=1S/C8H16N2O/c1-9-10-6-2-3-7(10)5-8(11)4-6/h6-9,11H,2-5H2,1H3. The van der Waals surface area contributed by atoms with E-state index in [0.717, 1.165) is 12.8 Å². The van der Waals surface area contributed by atoms with Crippen molar-refractivity contribution in [2.75, 3.05) is 7.05 Å². The minimum atomic E-state index is -0.0444. The Kier molecular flexibility index (Phi) is 1.87. The third-order valence-corrected chi connectivity index (χ3v) is 2.97. The van der Waals surface area contributed by atoms with Crippen LogP contribution in [0.2, 0.25) is 0 Å². The van der Waals surface area contributed by atoms with E-state index in [0.29, 0.717) is 12.1 Å². The normalized spacial score (nSPS) is 44.7. The maximum atomic E-state index is 9.45. The largest absolute Gasteiger partial charge is 0.393 e. The quantitative estimate of drug-likeness (QED) is 0.565. The molecule has 11 heavy (non-hydrogen) atoms. The molecule has 2 heterocycles. The van der Waals surface area contributed by atoms with Gasteiger partial charge in [-0.2, -0.15) is 0 Å². The summed E-state index contributed by atoms with van der Waals surface area (Å²) in [5.74, 6) is 0. The van der Waals surface area contributed by atoms with Crippen molar-refractivity contribution in [3.63, 3.8) is 0 Å². The van der Waals surface area contributed by atoms with Crippen LogP contribution in [0.25, 0.3) is 0 Å². The van der Waals surface area contributed by atoms with Gasteiger partial charge in [-0.15, -0.1) is 0 Å². The molecule has 2 bridgehead atoms. The third kappa shape index (κ3) is 1.17. The number of nitrogens with one attached hydrogen (secondary N) is 1. The van der Waals surface area contributed by atoms with E-state index in [1.807, 2.05) is 7.05 Å². The van der Waals surface area contributed by atoms with Gasteiger partial charge in [-0.25, -0.2) is 5.01 Å². The van der Waals surface area contributed by atoms with Crippen LogP contribution < -0.4 is 5.43 Å². The number of fused-ring (bicyclic) bond motifs is 2. The zero-order valence-electron chi connectivity index (χ0n) is 6.95. The second-order valence-corrected chi connectivity index (χ2v) is 3.64. The fourth-order valence-corrected chi connectivity index (χ4v) is 2.51. The van der Waals surface area contributed by atoms with E-state index in [-0.39, 0.29) is 6.10 Å². The van der Waals surface area contributed by atoms with Crippen molar-refractivity contribution in [2.24, 2.45) is 0 Å². The number of rotatable bonds is 1. The molecule has 0 aliphatic carbocycles. The topological polar surface area (TPSA) is 35.5 Å². The summed E-state index contributed by atoms with van der Waals surface area (Å²) in [5, 5.41) is 11.8. The van der Waals surface area contributed by atoms with Crippen molar-refractivity contribution >= 4 is 0 Å². The smallest absolute Gasteiger partial charge is 0.0571 e. The van der Waals surface area contributed by atoms with Crippen molar-refractivity contribution < 1.29 is 5.11 Å². The van der Waals surface area contributed by atoms with Gasteiger partial charge in [-0.1, -0.05) is 0 Å². The lowest BCUT2D eigenvalue weighted by molar-refractivity contribution is 0.0105. The van der Waals surface area contributed by atoms with Crippen LogP contribution in [0.1, 0.15) is 25.7 Å². The molecule has 0 saturated carbocycles. The van der Waals surface area contributed by atoms with Gasteiger partial charge in [-0.05, 0) is 32.7 Å². The van der Waals surface area contributed by atoms with Crippen LogP contribution in [-0.2, 0) is 0 Å². The van der Waals surface area contributed by atoms with E-state index in [9.17, 15) is 5.11 Å². The van der Waals surface area contributed by atoms with Crippen molar-refractivity contribution in [3.8, 4) is 0 Å². The molecule has 0 aromatic heterocycles. The Morgan fingerprint density at radius 1 is 1.27 bits per heavy atom. The number of hydrogen-bond acceptors (Lipinski definition) is 3. The summed E-state index contributed by atoms with van der Waals surface area (Å²) in [5.41, 5.74) is 3.21. The summed E-state index contributed by atoms with van der Waals surface area (Å²) in [4.78, 5) is 0. The van der Waals surface area contributed by atoms with E-state index in [1.165, 1.54) is 12.8 Å². The number of aliphatic hydroxyl groups excluding tert-OH is 1. The zero-order chi connectivity index (χ0) is 7.84. The van der Waals surface area contributed by atoms with E-state index in [1.54, 1.807) is 0 Å². The second kappa shape index (κ2) is 2.73. The number of hydrogen-bond donors (Lipinski definition) is 2. The first kappa shape index (κ1) is 7.53. The van der Waals surface area contributed by atoms with E-state index in [4.69, 9.17) is 0 Å². The molecule has 3 nitrogen and oxygen atoms in total. The molecule has 2 fully saturated rings. The fourth-order valence-electron chi connectivity index (χ4n) is 2.51. The third-order valence-electron chi connectivity index (χ3n) is 2.97. The van der Waals surface area contributed by atoms with Crippen LogP contribution in [0.3, 0.4) is 0 Å². The predicted octanol–water partition coefficient (Wildman–Crippen LogP) is 0.108. The van der Waals surface area contributed by atoms with E-state index < -0.39 is 0 Å². The van der Waals surface area contributed by atoms with Gasteiger partial charge in [0.1, 0.15) is 0 Å². The Bertz CT molecular complexity index is 137. The first-order valence-electron chi connectivity index (χ1n) is 4.45. The highest BCUT2D eigenvalue weighted by Gasteiger charge is 2.39. The molecule has 2 saturated heterocycles. The minimum Gasteiger partial charge on any atom is -0.393 e. The van der Waals surface area contributed by atoms with Crippen LogP contribution in [0.5, 0.6) is 0 Å². The second-order valence-electron chi connectivity index (χ2n) is 3.64. The van der Waals surface area contributed by atoms with E-state index >= 15 is 0 Å². The summed E-state index contributed by atoms with van der Waals surface area (Å²) in [6, 6.07) is 1.18. The van der Waals surface area contributed by atoms with Gasteiger partial charge in [0.25, 0.3) is 0 Å². The molecule has 0 aromatic carbocycles. The maximum Gasteiger partial charge on any atom is 0.0571 e. The molecule has 0 aromatic rings. The van der Waals surface area contributed by atoms with Gasteiger partial charge in [0, 0.05) is 12.1 Å². The van der Waals surface area contributed by atoms with Crippen LogP contribution in [0.15, 0.2) is 0 Å². The molecular formula is C8H16N2O. The van der Waals surface area contributed by atoms with Crippen LogP contribution in [-0.4, -0.2) is 35.4 Å². The molecular weight excluding hydrogens is 140 g/mol. The Labute approximate surface area is 67.4 Å². The molecule has 64 valence electrons. The molecule has 0 amide bonds. The van der Waals surface area contributed by atoms with Crippen molar-refractivity contribution in [1.29, 1.82) is 0 Å². The summed E-state index contributed by atoms with van der Waals surface area (Å²) in [7, 11) is 1.98. The van der Waals surface area contributed by atoms with Crippen LogP contribution >= 0.6 is 0 Å². The molecule has 0 spiro atoms. The van der Waals surface area contributed by atoms with Crippen molar-refractivity contribution in [2.45, 2.75) is 43.9 Å². The van der Waals surface area contributed by atoms with Gasteiger partial charge in [0.2, 0.25) is 0 Å². The lowest BCUT2D eigenvalue weighted by atomic mass is 10.0. The van der Waals surface area contributed by atoms with Gasteiger partial charge in [-0.3, -0.25) is 5.43 Å². The Morgan fingerprint density at radius 2 is 1.82 bits per heavy atom. The number of nitrogens with zero attached hydrogens (tertiary/aromatic N) is 1. The summed E-state index contributed by atoms with van der Waals surface area (Å²) >= 11 is 0. The average molecular weight is 156 g/mol. The molecule has 3 heteroatoms. The Hall–Kier alpha value is -0.120. The van der Waals surface area contributed by atoms with E-state index in [2.05, 4.69) is 10.4 Å². The highest BCUT2D eigenvalue weighted by atomic mass is 16.3. The summed E-state index contributed by atoms with van der Waals surface area (Å²) < 4.78 is 0. The van der Waals surface area contributed by atoms with Crippen molar-refractivity contribution in [1.82, 2.24) is 10.4 Å². The molecule has 2 aliphatic heterocycles. The average Bonchev–Trinajstić information content (AvgIpc) is 2.23. The predicted molar refractivity (Wildman–Crippen MR) is 42.9 cm³/mol. The van der Waals surface area contributed by atoms with Crippen molar-refractivity contribution in [3.05, 3.63) is 0 Å². The molecule has 2 atom stereocenters. The van der Waals surface area contributed by atoms with Gasteiger partial charge < -0.3 is 5.11 Å². The number of aliphatic hydroxyl groups is 1. The molecule has 2 unspecified atom stereocenters. The lowest BCUT2D eigenvalue weighted by Crippen LogP contribution is -2.50. The fraction of sp³-hybridized carbons (Fsp3) is 1.00.